The van der Waals surface area contributed by atoms with Gasteiger partial charge in [0.25, 0.3) is 0 Å². The Morgan fingerprint density at radius 2 is 2.14 bits per heavy atom. The van der Waals surface area contributed by atoms with Gasteiger partial charge in [-0.05, 0) is 26.0 Å². The van der Waals surface area contributed by atoms with Gasteiger partial charge in [0, 0.05) is 22.8 Å². The molecule has 2 rings (SSSR count). The van der Waals surface area contributed by atoms with Gasteiger partial charge in [-0.25, -0.2) is 18.1 Å². The summed E-state index contributed by atoms with van der Waals surface area (Å²) >= 11 is 1.45. The van der Waals surface area contributed by atoms with Gasteiger partial charge in [-0.2, -0.15) is 0 Å². The minimum atomic E-state index is -3.72. The van der Waals surface area contributed by atoms with Crippen LogP contribution in [-0.2, 0) is 10.0 Å². The Kier molecular flexibility index (Phi) is 4.50. The fraction of sp³-hybridized carbons (Fsp3) is 0.308. The molecule has 1 aromatic carbocycles. The van der Waals surface area contributed by atoms with Crippen molar-refractivity contribution >= 4 is 27.0 Å². The third-order valence-corrected chi connectivity index (χ3v) is 5.49. The lowest BCUT2D eigenvalue weighted by atomic mass is 10.3. The Hall–Kier alpha value is -1.64. The maximum Gasteiger partial charge on any atom is 0.244 e. The standard InChI is InChI=1S/C13H17N3O3S2/c1-8-7-15-13(20-8)9(2)16-21(17,18)12-5-4-10(14)6-11(12)19-3/h4-7,9,16H,14H2,1-3H3. The van der Waals surface area contributed by atoms with Gasteiger partial charge in [0.2, 0.25) is 10.0 Å². The second-order valence-electron chi connectivity index (χ2n) is 4.56. The monoisotopic (exact) mass is 327 g/mol. The van der Waals surface area contributed by atoms with Crippen LogP contribution in [0.15, 0.2) is 29.3 Å². The van der Waals surface area contributed by atoms with Crippen LogP contribution in [0.5, 0.6) is 5.75 Å². The molecule has 0 aliphatic heterocycles. The minimum Gasteiger partial charge on any atom is -0.495 e. The first kappa shape index (κ1) is 15.7. The molecule has 1 heterocycles. The summed E-state index contributed by atoms with van der Waals surface area (Å²) in [7, 11) is -2.32. The molecule has 0 saturated carbocycles. The maximum atomic E-state index is 12.5. The Balaban J connectivity index is 2.30. The molecule has 3 N–H and O–H groups in total. The largest absolute Gasteiger partial charge is 0.495 e. The van der Waals surface area contributed by atoms with Gasteiger partial charge in [0.15, 0.2) is 0 Å². The summed E-state index contributed by atoms with van der Waals surface area (Å²) in [6.45, 7) is 3.67. The Morgan fingerprint density at radius 3 is 2.71 bits per heavy atom. The smallest absolute Gasteiger partial charge is 0.244 e. The average molecular weight is 327 g/mol. The quantitative estimate of drug-likeness (QED) is 0.820. The van der Waals surface area contributed by atoms with Crippen LogP contribution in [-0.4, -0.2) is 20.5 Å². The number of aryl methyl sites for hydroxylation is 1. The van der Waals surface area contributed by atoms with E-state index < -0.39 is 16.1 Å². The van der Waals surface area contributed by atoms with Crippen molar-refractivity contribution in [3.05, 3.63) is 34.3 Å². The first-order valence-electron chi connectivity index (χ1n) is 6.21. The third-order valence-electron chi connectivity index (χ3n) is 2.82. The molecule has 0 bridgehead atoms. The fourth-order valence-corrected chi connectivity index (χ4v) is 4.03. The van der Waals surface area contributed by atoms with Crippen molar-refractivity contribution in [1.82, 2.24) is 9.71 Å². The number of aromatic nitrogens is 1. The van der Waals surface area contributed by atoms with Crippen molar-refractivity contribution in [2.75, 3.05) is 12.8 Å². The Morgan fingerprint density at radius 1 is 1.43 bits per heavy atom. The number of ether oxygens (including phenoxy) is 1. The van der Waals surface area contributed by atoms with Gasteiger partial charge in [-0.1, -0.05) is 0 Å². The van der Waals surface area contributed by atoms with Crippen LogP contribution in [0, 0.1) is 6.92 Å². The van der Waals surface area contributed by atoms with Gasteiger partial charge in [0.1, 0.15) is 15.7 Å². The van der Waals surface area contributed by atoms with E-state index in [1.807, 2.05) is 6.92 Å². The van der Waals surface area contributed by atoms with E-state index in [0.29, 0.717) is 10.7 Å². The number of methoxy groups -OCH3 is 1. The molecule has 8 heteroatoms. The van der Waals surface area contributed by atoms with Crippen molar-refractivity contribution in [3.8, 4) is 5.75 Å². The summed E-state index contributed by atoms with van der Waals surface area (Å²) in [6.07, 6.45) is 1.72. The normalized spacial score (nSPS) is 13.1. The summed E-state index contributed by atoms with van der Waals surface area (Å²) in [5.74, 6) is 0.213. The highest BCUT2D eigenvalue weighted by Crippen LogP contribution is 2.28. The molecule has 0 radical (unpaired) electrons. The van der Waals surface area contributed by atoms with E-state index in [0.717, 1.165) is 4.88 Å². The Labute approximate surface area is 128 Å². The van der Waals surface area contributed by atoms with Crippen LogP contribution in [0.2, 0.25) is 0 Å². The van der Waals surface area contributed by atoms with Crippen LogP contribution in [0.25, 0.3) is 0 Å². The van der Waals surface area contributed by atoms with E-state index in [2.05, 4.69) is 9.71 Å². The predicted molar refractivity (Wildman–Crippen MR) is 83.0 cm³/mol. The van der Waals surface area contributed by atoms with Gasteiger partial charge in [-0.15, -0.1) is 11.3 Å². The number of anilines is 1. The highest BCUT2D eigenvalue weighted by atomic mass is 32.2. The second kappa shape index (κ2) is 6.00. The highest BCUT2D eigenvalue weighted by molar-refractivity contribution is 7.89. The molecular formula is C13H17N3O3S2. The summed E-state index contributed by atoms with van der Waals surface area (Å²) in [5, 5.41) is 0.713. The molecule has 114 valence electrons. The number of benzene rings is 1. The van der Waals surface area contributed by atoms with Crippen LogP contribution in [0.1, 0.15) is 22.9 Å². The molecule has 0 spiro atoms. The summed E-state index contributed by atoms with van der Waals surface area (Å²) in [6, 6.07) is 4.01. The van der Waals surface area contributed by atoms with E-state index in [1.54, 1.807) is 13.1 Å². The number of hydrogen-bond acceptors (Lipinski definition) is 6. The molecular weight excluding hydrogens is 310 g/mol. The second-order valence-corrected chi connectivity index (χ2v) is 7.51. The number of thiazole rings is 1. The zero-order valence-corrected chi connectivity index (χ0v) is 13.6. The zero-order valence-electron chi connectivity index (χ0n) is 12.0. The van der Waals surface area contributed by atoms with Crippen LogP contribution < -0.4 is 15.2 Å². The number of nitrogen functional groups attached to an aromatic ring is 1. The van der Waals surface area contributed by atoms with E-state index in [-0.39, 0.29) is 10.6 Å². The lowest BCUT2D eigenvalue weighted by molar-refractivity contribution is 0.402. The molecule has 2 aromatic rings. The number of sulfonamides is 1. The number of nitrogens with two attached hydrogens (primary N) is 1. The van der Waals surface area contributed by atoms with E-state index >= 15 is 0 Å². The van der Waals surface area contributed by atoms with Crippen molar-refractivity contribution in [2.45, 2.75) is 24.8 Å². The highest BCUT2D eigenvalue weighted by Gasteiger charge is 2.23. The minimum absolute atomic E-state index is 0.0549. The lowest BCUT2D eigenvalue weighted by Crippen LogP contribution is -2.27. The number of rotatable bonds is 5. The zero-order chi connectivity index (χ0) is 15.6. The summed E-state index contributed by atoms with van der Waals surface area (Å²) < 4.78 is 32.6. The van der Waals surface area contributed by atoms with Crippen molar-refractivity contribution in [3.63, 3.8) is 0 Å². The maximum absolute atomic E-state index is 12.5. The van der Waals surface area contributed by atoms with Gasteiger partial charge in [-0.3, -0.25) is 0 Å². The number of nitrogens with zero attached hydrogens (tertiary/aromatic N) is 1. The molecule has 1 aromatic heterocycles. The van der Waals surface area contributed by atoms with Crippen LogP contribution >= 0.6 is 11.3 Å². The first-order chi connectivity index (χ1) is 9.83. The molecule has 0 fully saturated rings. The summed E-state index contributed by atoms with van der Waals surface area (Å²) in [5.41, 5.74) is 6.08. The van der Waals surface area contributed by atoms with Crippen molar-refractivity contribution in [2.24, 2.45) is 0 Å². The predicted octanol–water partition coefficient (Wildman–Crippen LogP) is 2.08. The molecule has 1 atom stereocenters. The molecule has 0 aliphatic carbocycles. The van der Waals surface area contributed by atoms with Crippen molar-refractivity contribution < 1.29 is 13.2 Å². The topological polar surface area (TPSA) is 94.3 Å². The van der Waals surface area contributed by atoms with Gasteiger partial charge < -0.3 is 10.5 Å². The lowest BCUT2D eigenvalue weighted by Gasteiger charge is -2.14. The van der Waals surface area contributed by atoms with Crippen molar-refractivity contribution in [1.29, 1.82) is 0 Å². The van der Waals surface area contributed by atoms with Crippen LogP contribution in [0.3, 0.4) is 0 Å². The van der Waals surface area contributed by atoms with E-state index in [4.69, 9.17) is 10.5 Å². The van der Waals surface area contributed by atoms with Gasteiger partial charge >= 0.3 is 0 Å². The third kappa shape index (κ3) is 3.52. The van der Waals surface area contributed by atoms with E-state index in [1.165, 1.54) is 36.6 Å². The fourth-order valence-electron chi connectivity index (χ4n) is 1.83. The SMILES string of the molecule is COc1cc(N)ccc1S(=O)(=O)NC(C)c1ncc(C)s1. The molecule has 6 nitrogen and oxygen atoms in total. The molecule has 0 amide bonds. The van der Waals surface area contributed by atoms with Crippen LogP contribution in [0.4, 0.5) is 5.69 Å². The summed E-state index contributed by atoms with van der Waals surface area (Å²) in [4.78, 5) is 5.27. The number of nitrogens with one attached hydrogen (secondary N) is 1. The van der Waals surface area contributed by atoms with Gasteiger partial charge in [0.05, 0.1) is 13.2 Å². The Bertz CT molecular complexity index is 741. The molecule has 1 unspecified atom stereocenters. The molecule has 0 saturated heterocycles. The van der Waals surface area contributed by atoms with E-state index in [9.17, 15) is 8.42 Å². The average Bonchev–Trinajstić information content (AvgIpc) is 2.84. The number of hydrogen-bond donors (Lipinski definition) is 2. The first-order valence-corrected chi connectivity index (χ1v) is 8.51. The molecule has 0 aliphatic rings. The molecule has 21 heavy (non-hydrogen) atoms.